The normalized spacial score (nSPS) is 8.64. The molecule has 3 heteroatoms. The zero-order valence-corrected chi connectivity index (χ0v) is 8.47. The SMILES string of the molecule is Sc1ccccc1.[O-][n+]1ccccc1. The molecule has 2 aromatic rings. The molecular formula is C11H11NOS. The van der Waals surface area contributed by atoms with Crippen molar-refractivity contribution in [1.82, 2.24) is 0 Å². The lowest BCUT2D eigenvalue weighted by Gasteiger charge is -1.88. The van der Waals surface area contributed by atoms with Crippen molar-refractivity contribution < 1.29 is 4.73 Å². The smallest absolute Gasteiger partial charge is 0.180 e. The van der Waals surface area contributed by atoms with Crippen molar-refractivity contribution >= 4 is 12.6 Å². The first-order valence-electron chi connectivity index (χ1n) is 4.17. The van der Waals surface area contributed by atoms with Gasteiger partial charge < -0.3 is 5.21 Å². The van der Waals surface area contributed by atoms with E-state index in [-0.39, 0.29) is 0 Å². The molecule has 0 aliphatic carbocycles. The molecule has 72 valence electrons. The topological polar surface area (TPSA) is 26.9 Å². The van der Waals surface area contributed by atoms with Crippen molar-refractivity contribution in [3.8, 4) is 0 Å². The van der Waals surface area contributed by atoms with E-state index in [0.717, 1.165) is 9.63 Å². The van der Waals surface area contributed by atoms with Crippen molar-refractivity contribution in [3.05, 3.63) is 66.1 Å². The number of aromatic nitrogens is 1. The molecule has 0 spiro atoms. The highest BCUT2D eigenvalue weighted by Gasteiger charge is 1.75. The van der Waals surface area contributed by atoms with E-state index >= 15 is 0 Å². The lowest BCUT2D eigenvalue weighted by atomic mass is 10.4. The highest BCUT2D eigenvalue weighted by Crippen LogP contribution is 2.00. The maximum absolute atomic E-state index is 10.2. The van der Waals surface area contributed by atoms with Crippen LogP contribution in [0.1, 0.15) is 0 Å². The summed E-state index contributed by atoms with van der Waals surface area (Å²) in [6, 6.07) is 15.0. The zero-order chi connectivity index (χ0) is 10.2. The summed E-state index contributed by atoms with van der Waals surface area (Å²) >= 11 is 4.08. The Morgan fingerprint density at radius 2 is 1.36 bits per heavy atom. The number of hydrogen-bond acceptors (Lipinski definition) is 2. The first-order chi connectivity index (χ1) is 6.79. The second-order valence-electron chi connectivity index (χ2n) is 2.57. The van der Waals surface area contributed by atoms with E-state index in [2.05, 4.69) is 12.6 Å². The largest absolute Gasteiger partial charge is 0.619 e. The average Bonchev–Trinajstić information content (AvgIpc) is 2.21. The van der Waals surface area contributed by atoms with Crippen LogP contribution in [0.3, 0.4) is 0 Å². The molecule has 0 aliphatic heterocycles. The summed E-state index contributed by atoms with van der Waals surface area (Å²) in [5, 5.41) is 10.2. The molecular weight excluding hydrogens is 194 g/mol. The van der Waals surface area contributed by atoms with Crippen LogP contribution in [-0.4, -0.2) is 0 Å². The van der Waals surface area contributed by atoms with Crippen LogP contribution in [-0.2, 0) is 0 Å². The van der Waals surface area contributed by atoms with Crippen molar-refractivity contribution in [2.75, 3.05) is 0 Å². The Labute approximate surface area is 88.8 Å². The second kappa shape index (κ2) is 6.05. The fraction of sp³-hybridized carbons (Fsp3) is 0. The third kappa shape index (κ3) is 4.52. The van der Waals surface area contributed by atoms with Gasteiger partial charge in [-0.1, -0.05) is 24.3 Å². The summed E-state index contributed by atoms with van der Waals surface area (Å²) in [6.45, 7) is 0. The van der Waals surface area contributed by atoms with E-state index in [1.807, 2.05) is 30.3 Å². The Hall–Kier alpha value is -1.48. The summed E-state index contributed by atoms with van der Waals surface area (Å²) in [5.41, 5.74) is 0. The monoisotopic (exact) mass is 205 g/mol. The van der Waals surface area contributed by atoms with Gasteiger partial charge >= 0.3 is 0 Å². The minimum Gasteiger partial charge on any atom is -0.619 e. The van der Waals surface area contributed by atoms with Gasteiger partial charge in [-0.15, -0.1) is 12.6 Å². The molecule has 0 saturated carbocycles. The Kier molecular flexibility index (Phi) is 4.58. The van der Waals surface area contributed by atoms with Gasteiger partial charge in [-0.25, -0.2) is 0 Å². The summed E-state index contributed by atoms with van der Waals surface area (Å²) in [7, 11) is 0. The summed E-state index contributed by atoms with van der Waals surface area (Å²) in [6.07, 6.45) is 2.89. The van der Waals surface area contributed by atoms with Crippen molar-refractivity contribution in [3.63, 3.8) is 0 Å². The van der Waals surface area contributed by atoms with Gasteiger partial charge in [0, 0.05) is 17.0 Å². The summed E-state index contributed by atoms with van der Waals surface area (Å²) in [4.78, 5) is 1.02. The van der Waals surface area contributed by atoms with Gasteiger partial charge in [0.2, 0.25) is 0 Å². The molecule has 0 unspecified atom stereocenters. The fourth-order valence-corrected chi connectivity index (χ4v) is 0.983. The lowest BCUT2D eigenvalue weighted by molar-refractivity contribution is -0.605. The van der Waals surface area contributed by atoms with Crippen LogP contribution in [0.4, 0.5) is 0 Å². The number of nitrogens with zero attached hydrogens (tertiary/aromatic N) is 1. The van der Waals surface area contributed by atoms with E-state index in [4.69, 9.17) is 0 Å². The Bertz CT molecular complexity index is 313. The van der Waals surface area contributed by atoms with Crippen molar-refractivity contribution in [2.45, 2.75) is 4.90 Å². The van der Waals surface area contributed by atoms with Gasteiger partial charge in [0.15, 0.2) is 12.4 Å². The molecule has 14 heavy (non-hydrogen) atoms. The minimum absolute atomic E-state index is 0.750. The predicted octanol–water partition coefficient (Wildman–Crippen LogP) is 2.30. The van der Waals surface area contributed by atoms with Crippen LogP contribution in [0.5, 0.6) is 0 Å². The van der Waals surface area contributed by atoms with E-state index in [1.54, 1.807) is 18.2 Å². The molecule has 1 heterocycles. The highest BCUT2D eigenvalue weighted by atomic mass is 32.1. The van der Waals surface area contributed by atoms with Gasteiger partial charge in [0.25, 0.3) is 0 Å². The van der Waals surface area contributed by atoms with Crippen LogP contribution >= 0.6 is 12.6 Å². The maximum atomic E-state index is 10.2. The van der Waals surface area contributed by atoms with Crippen LogP contribution < -0.4 is 4.73 Å². The molecule has 0 radical (unpaired) electrons. The molecule has 0 aliphatic rings. The van der Waals surface area contributed by atoms with E-state index in [9.17, 15) is 5.21 Å². The predicted molar refractivity (Wildman–Crippen MR) is 59.1 cm³/mol. The maximum Gasteiger partial charge on any atom is 0.180 e. The molecule has 1 aromatic heterocycles. The van der Waals surface area contributed by atoms with Crippen molar-refractivity contribution in [1.29, 1.82) is 0 Å². The Balaban J connectivity index is 0.000000140. The van der Waals surface area contributed by atoms with Gasteiger partial charge in [-0.3, -0.25) is 0 Å². The number of thiol groups is 1. The Morgan fingerprint density at radius 3 is 1.64 bits per heavy atom. The minimum atomic E-state index is 0.750. The first kappa shape index (κ1) is 10.6. The first-order valence-corrected chi connectivity index (χ1v) is 4.61. The quantitative estimate of drug-likeness (QED) is 0.399. The molecule has 0 bridgehead atoms. The molecule has 0 atom stereocenters. The molecule has 1 aromatic carbocycles. The molecule has 0 N–H and O–H groups in total. The number of pyridine rings is 1. The number of hydrogen-bond donors (Lipinski definition) is 1. The number of benzene rings is 1. The number of rotatable bonds is 0. The summed E-state index contributed by atoms with van der Waals surface area (Å²) in [5.74, 6) is 0. The molecule has 0 saturated heterocycles. The van der Waals surface area contributed by atoms with Crippen LogP contribution in [0.2, 0.25) is 0 Å². The molecule has 0 amide bonds. The lowest BCUT2D eigenvalue weighted by Crippen LogP contribution is -2.22. The van der Waals surface area contributed by atoms with Crippen LogP contribution in [0.15, 0.2) is 65.8 Å². The third-order valence-electron chi connectivity index (χ3n) is 1.44. The standard InChI is InChI=1S/C6H6S.C5H5NO/c2*7-6-4-2-1-3-5-6/h1-5,7H;1-5H. The zero-order valence-electron chi connectivity index (χ0n) is 7.58. The summed E-state index contributed by atoms with van der Waals surface area (Å²) < 4.78 is 0.750. The van der Waals surface area contributed by atoms with Crippen LogP contribution in [0.25, 0.3) is 0 Å². The van der Waals surface area contributed by atoms with E-state index in [0.29, 0.717) is 0 Å². The third-order valence-corrected chi connectivity index (χ3v) is 1.74. The van der Waals surface area contributed by atoms with E-state index in [1.165, 1.54) is 12.4 Å². The van der Waals surface area contributed by atoms with Gasteiger partial charge in [0.1, 0.15) is 0 Å². The molecule has 2 nitrogen and oxygen atoms in total. The van der Waals surface area contributed by atoms with E-state index < -0.39 is 0 Å². The fourth-order valence-electron chi connectivity index (χ4n) is 0.811. The second-order valence-corrected chi connectivity index (χ2v) is 3.09. The van der Waals surface area contributed by atoms with Gasteiger partial charge in [-0.2, -0.15) is 4.73 Å². The highest BCUT2D eigenvalue weighted by molar-refractivity contribution is 7.80. The average molecular weight is 205 g/mol. The van der Waals surface area contributed by atoms with Gasteiger partial charge in [0.05, 0.1) is 0 Å². The molecule has 0 fully saturated rings. The van der Waals surface area contributed by atoms with Crippen LogP contribution in [0, 0.1) is 5.21 Å². The van der Waals surface area contributed by atoms with Crippen molar-refractivity contribution in [2.24, 2.45) is 0 Å². The van der Waals surface area contributed by atoms with Gasteiger partial charge in [-0.05, 0) is 12.1 Å². The Morgan fingerprint density at radius 1 is 0.857 bits per heavy atom. The molecule has 2 rings (SSSR count).